The molecule has 3 rings (SSSR count). The van der Waals surface area contributed by atoms with Gasteiger partial charge in [0, 0.05) is 23.1 Å². The number of aromatic nitrogens is 1. The summed E-state index contributed by atoms with van der Waals surface area (Å²) in [5, 5.41) is 4.33. The topological polar surface area (TPSA) is 70.9 Å². The fourth-order valence-electron chi connectivity index (χ4n) is 2.34. The lowest BCUT2D eigenvalue weighted by Gasteiger charge is -2.21. The maximum atomic E-state index is 11.2. The molecule has 0 radical (unpaired) electrons. The van der Waals surface area contributed by atoms with Crippen molar-refractivity contribution in [3.63, 3.8) is 0 Å². The Kier molecular flexibility index (Phi) is 1.97. The van der Waals surface area contributed by atoms with Crippen LogP contribution in [0.1, 0.15) is 11.3 Å². The highest BCUT2D eigenvalue weighted by Crippen LogP contribution is 2.26. The first-order valence-corrected chi connectivity index (χ1v) is 5.37. The van der Waals surface area contributed by atoms with E-state index >= 15 is 0 Å². The second kappa shape index (κ2) is 3.35. The highest BCUT2D eigenvalue weighted by atomic mass is 16.1. The maximum Gasteiger partial charge on any atom is 0.234 e. The molecule has 1 atom stereocenters. The van der Waals surface area contributed by atoms with Gasteiger partial charge in [0.1, 0.15) is 0 Å². The SMILES string of the molecule is NC(=O)[C@@H]1Cc2c([nH]c3ccccc23)CN1. The summed E-state index contributed by atoms with van der Waals surface area (Å²) in [6, 6.07) is 7.90. The van der Waals surface area contributed by atoms with Gasteiger partial charge >= 0.3 is 0 Å². The van der Waals surface area contributed by atoms with Crippen molar-refractivity contribution in [1.82, 2.24) is 10.3 Å². The van der Waals surface area contributed by atoms with Crippen LogP contribution in [0.2, 0.25) is 0 Å². The Bertz CT molecular complexity index is 558. The van der Waals surface area contributed by atoms with Crippen LogP contribution < -0.4 is 11.1 Å². The molecule has 0 fully saturated rings. The van der Waals surface area contributed by atoms with Crippen molar-refractivity contribution >= 4 is 16.8 Å². The summed E-state index contributed by atoms with van der Waals surface area (Å²) < 4.78 is 0. The molecule has 4 heteroatoms. The van der Waals surface area contributed by atoms with Gasteiger partial charge in [-0.2, -0.15) is 0 Å². The first-order valence-electron chi connectivity index (χ1n) is 5.37. The Morgan fingerprint density at radius 3 is 3.00 bits per heavy atom. The van der Waals surface area contributed by atoms with Gasteiger partial charge in [0.05, 0.1) is 6.04 Å². The summed E-state index contributed by atoms with van der Waals surface area (Å²) in [5.74, 6) is -0.282. The molecule has 0 saturated heterocycles. The summed E-state index contributed by atoms with van der Waals surface area (Å²) >= 11 is 0. The third-order valence-electron chi connectivity index (χ3n) is 3.18. The molecule has 4 N–H and O–H groups in total. The molecular formula is C12H13N3O. The van der Waals surface area contributed by atoms with Crippen molar-refractivity contribution in [1.29, 1.82) is 0 Å². The van der Waals surface area contributed by atoms with Gasteiger partial charge in [-0.25, -0.2) is 0 Å². The van der Waals surface area contributed by atoms with E-state index in [2.05, 4.69) is 16.4 Å². The second-order valence-electron chi connectivity index (χ2n) is 4.17. The molecule has 82 valence electrons. The first-order chi connectivity index (χ1) is 7.75. The van der Waals surface area contributed by atoms with E-state index in [0.717, 1.165) is 5.52 Å². The van der Waals surface area contributed by atoms with E-state index in [1.54, 1.807) is 0 Å². The van der Waals surface area contributed by atoms with Gasteiger partial charge < -0.3 is 10.7 Å². The van der Waals surface area contributed by atoms with E-state index in [1.165, 1.54) is 16.6 Å². The molecule has 4 nitrogen and oxygen atoms in total. The fourth-order valence-corrected chi connectivity index (χ4v) is 2.34. The molecule has 0 spiro atoms. The Balaban J connectivity index is 2.11. The summed E-state index contributed by atoms with van der Waals surface area (Å²) in [6.07, 6.45) is 0.675. The number of carbonyl (C=O) groups is 1. The van der Waals surface area contributed by atoms with Gasteiger partial charge in [0.15, 0.2) is 0 Å². The van der Waals surface area contributed by atoms with E-state index in [4.69, 9.17) is 5.73 Å². The van der Waals surface area contributed by atoms with E-state index in [1.807, 2.05) is 18.2 Å². The summed E-state index contributed by atoms with van der Waals surface area (Å²) in [6.45, 7) is 0.678. The smallest absolute Gasteiger partial charge is 0.234 e. The van der Waals surface area contributed by atoms with Gasteiger partial charge in [-0.05, 0) is 18.1 Å². The van der Waals surface area contributed by atoms with Crippen LogP contribution in [0.5, 0.6) is 0 Å². The van der Waals surface area contributed by atoms with Crippen molar-refractivity contribution in [3.8, 4) is 0 Å². The molecule has 2 heterocycles. The number of carbonyl (C=O) groups excluding carboxylic acids is 1. The number of rotatable bonds is 1. The molecule has 0 unspecified atom stereocenters. The molecule has 1 aliphatic heterocycles. The molecule has 1 aliphatic rings. The number of aromatic amines is 1. The molecule has 1 aromatic heterocycles. The molecule has 1 amide bonds. The minimum absolute atomic E-state index is 0.244. The van der Waals surface area contributed by atoms with Crippen molar-refractivity contribution in [2.75, 3.05) is 0 Å². The van der Waals surface area contributed by atoms with Crippen LogP contribution in [0, 0.1) is 0 Å². The van der Waals surface area contributed by atoms with Crippen LogP contribution >= 0.6 is 0 Å². The van der Waals surface area contributed by atoms with Gasteiger partial charge in [-0.1, -0.05) is 18.2 Å². The summed E-state index contributed by atoms with van der Waals surface area (Å²) in [5.41, 5.74) is 8.84. The molecular weight excluding hydrogens is 202 g/mol. The number of hydrogen-bond donors (Lipinski definition) is 3. The Hall–Kier alpha value is -1.81. The molecule has 2 aromatic rings. The van der Waals surface area contributed by atoms with Gasteiger partial charge in [0.25, 0.3) is 0 Å². The molecule has 16 heavy (non-hydrogen) atoms. The van der Waals surface area contributed by atoms with Crippen LogP contribution in [0.4, 0.5) is 0 Å². The van der Waals surface area contributed by atoms with Crippen LogP contribution in [-0.4, -0.2) is 16.9 Å². The lowest BCUT2D eigenvalue weighted by molar-refractivity contribution is -0.120. The standard InChI is InChI=1S/C12H13N3O/c13-12(16)10-5-8-7-3-1-2-4-9(7)15-11(8)6-14-10/h1-4,10,14-15H,5-6H2,(H2,13,16)/t10-/m0/s1. The van der Waals surface area contributed by atoms with Crippen molar-refractivity contribution in [2.24, 2.45) is 5.73 Å². The number of primary amides is 1. The van der Waals surface area contributed by atoms with Gasteiger partial charge in [-0.15, -0.1) is 0 Å². The Labute approximate surface area is 92.8 Å². The summed E-state index contributed by atoms with van der Waals surface area (Å²) in [4.78, 5) is 14.5. The summed E-state index contributed by atoms with van der Waals surface area (Å²) in [7, 11) is 0. The third kappa shape index (κ3) is 1.31. The minimum Gasteiger partial charge on any atom is -0.368 e. The van der Waals surface area contributed by atoms with E-state index in [9.17, 15) is 4.79 Å². The lowest BCUT2D eigenvalue weighted by Crippen LogP contribution is -2.45. The van der Waals surface area contributed by atoms with Crippen LogP contribution in [0.3, 0.4) is 0 Å². The number of H-pyrrole nitrogens is 1. The number of nitrogens with one attached hydrogen (secondary N) is 2. The molecule has 1 aromatic carbocycles. The number of amides is 1. The number of nitrogens with two attached hydrogens (primary N) is 1. The van der Waals surface area contributed by atoms with Crippen molar-refractivity contribution in [3.05, 3.63) is 35.5 Å². The zero-order chi connectivity index (χ0) is 11.1. The minimum atomic E-state index is -0.282. The van der Waals surface area contributed by atoms with Gasteiger partial charge in [0.2, 0.25) is 5.91 Å². The number of fused-ring (bicyclic) bond motifs is 3. The largest absolute Gasteiger partial charge is 0.368 e. The lowest BCUT2D eigenvalue weighted by atomic mass is 9.98. The zero-order valence-corrected chi connectivity index (χ0v) is 8.79. The zero-order valence-electron chi connectivity index (χ0n) is 8.79. The van der Waals surface area contributed by atoms with E-state index in [0.29, 0.717) is 13.0 Å². The Morgan fingerprint density at radius 2 is 2.19 bits per heavy atom. The van der Waals surface area contributed by atoms with Crippen LogP contribution in [0.25, 0.3) is 10.9 Å². The monoisotopic (exact) mass is 215 g/mol. The quantitative estimate of drug-likeness (QED) is 0.654. The predicted molar refractivity (Wildman–Crippen MR) is 61.8 cm³/mol. The molecule has 0 bridgehead atoms. The molecule has 0 saturated carbocycles. The van der Waals surface area contributed by atoms with E-state index < -0.39 is 0 Å². The number of hydrogen-bond acceptors (Lipinski definition) is 2. The maximum absolute atomic E-state index is 11.2. The average molecular weight is 215 g/mol. The van der Waals surface area contributed by atoms with Crippen LogP contribution in [0.15, 0.2) is 24.3 Å². The van der Waals surface area contributed by atoms with Crippen molar-refractivity contribution in [2.45, 2.75) is 19.0 Å². The highest BCUT2D eigenvalue weighted by molar-refractivity contribution is 5.87. The number of benzene rings is 1. The second-order valence-corrected chi connectivity index (χ2v) is 4.17. The third-order valence-corrected chi connectivity index (χ3v) is 3.18. The van der Waals surface area contributed by atoms with Crippen molar-refractivity contribution < 1.29 is 4.79 Å². The Morgan fingerprint density at radius 1 is 1.38 bits per heavy atom. The average Bonchev–Trinajstić information content (AvgIpc) is 2.66. The highest BCUT2D eigenvalue weighted by Gasteiger charge is 2.24. The number of para-hydroxylation sites is 1. The van der Waals surface area contributed by atoms with E-state index in [-0.39, 0.29) is 11.9 Å². The first kappa shape index (κ1) is 9.42. The van der Waals surface area contributed by atoms with Crippen LogP contribution in [-0.2, 0) is 17.8 Å². The molecule has 0 aliphatic carbocycles. The van der Waals surface area contributed by atoms with Gasteiger partial charge in [-0.3, -0.25) is 10.1 Å². The predicted octanol–water partition coefficient (Wildman–Crippen LogP) is 0.667. The normalized spacial score (nSPS) is 19.6. The fraction of sp³-hybridized carbons (Fsp3) is 0.250.